The van der Waals surface area contributed by atoms with E-state index in [9.17, 15) is 13.5 Å². The van der Waals surface area contributed by atoms with Crippen LogP contribution in [0.2, 0.25) is 0 Å². The molecule has 4 rings (SSSR count). The number of rotatable bonds is 5. The van der Waals surface area contributed by atoms with Gasteiger partial charge >= 0.3 is 0 Å². The van der Waals surface area contributed by atoms with E-state index in [0.717, 1.165) is 16.6 Å². The van der Waals surface area contributed by atoms with Crippen molar-refractivity contribution < 1.29 is 13.5 Å². The van der Waals surface area contributed by atoms with Crippen molar-refractivity contribution in [2.45, 2.75) is 35.7 Å². The number of fused-ring (bicyclic) bond motifs is 1. The van der Waals surface area contributed by atoms with Crippen LogP contribution in [0.15, 0.2) is 69.5 Å². The largest absolute Gasteiger partial charge is 0.507 e. The van der Waals surface area contributed by atoms with E-state index in [1.165, 1.54) is 23.9 Å². The maximum absolute atomic E-state index is 13.0. The summed E-state index contributed by atoms with van der Waals surface area (Å²) < 4.78 is 28.7. The number of para-hydroxylation sites is 2. The molecule has 154 valence electrons. The zero-order valence-electron chi connectivity index (χ0n) is 16.7. The maximum atomic E-state index is 13.0. The molecular formula is C22H21N3O3S2. The van der Waals surface area contributed by atoms with Gasteiger partial charge in [-0.1, -0.05) is 29.8 Å². The smallest absolute Gasteiger partial charge is 0.262 e. The highest BCUT2D eigenvalue weighted by atomic mass is 32.2. The van der Waals surface area contributed by atoms with Crippen LogP contribution in [0.1, 0.15) is 16.7 Å². The van der Waals surface area contributed by atoms with Crippen molar-refractivity contribution >= 4 is 38.5 Å². The van der Waals surface area contributed by atoms with Gasteiger partial charge in [-0.15, -0.1) is 0 Å². The molecule has 0 radical (unpaired) electrons. The van der Waals surface area contributed by atoms with Crippen molar-refractivity contribution in [3.8, 4) is 5.75 Å². The Balaban J connectivity index is 1.64. The number of hydrogen-bond acceptors (Lipinski definition) is 5. The van der Waals surface area contributed by atoms with Gasteiger partial charge in [-0.25, -0.2) is 13.4 Å². The number of phenols is 1. The summed E-state index contributed by atoms with van der Waals surface area (Å²) in [5.41, 5.74) is 4.47. The van der Waals surface area contributed by atoms with E-state index in [1.807, 2.05) is 43.3 Å². The Bertz CT molecular complexity index is 1310. The van der Waals surface area contributed by atoms with Crippen LogP contribution in [0.25, 0.3) is 11.0 Å². The number of aryl methyl sites for hydroxylation is 3. The van der Waals surface area contributed by atoms with E-state index in [-0.39, 0.29) is 10.6 Å². The molecule has 1 aromatic heterocycles. The third-order valence-electron chi connectivity index (χ3n) is 4.66. The van der Waals surface area contributed by atoms with E-state index < -0.39 is 10.0 Å². The SMILES string of the molecule is Cc1cc(C)c(S(=O)(=O)Nc2ccc(O)c(Sc3nc4ccccc4[nH]3)c2)c(C)c1. The van der Waals surface area contributed by atoms with Gasteiger partial charge in [0.2, 0.25) is 0 Å². The van der Waals surface area contributed by atoms with Crippen LogP contribution in [-0.4, -0.2) is 23.5 Å². The summed E-state index contributed by atoms with van der Waals surface area (Å²) in [4.78, 5) is 8.44. The van der Waals surface area contributed by atoms with Crippen LogP contribution in [0.5, 0.6) is 5.75 Å². The molecule has 30 heavy (non-hydrogen) atoms. The number of imidazole rings is 1. The fraction of sp³-hybridized carbons (Fsp3) is 0.136. The third-order valence-corrected chi connectivity index (χ3v) is 7.28. The zero-order valence-corrected chi connectivity index (χ0v) is 18.4. The van der Waals surface area contributed by atoms with E-state index in [1.54, 1.807) is 19.9 Å². The van der Waals surface area contributed by atoms with Crippen LogP contribution in [0.3, 0.4) is 0 Å². The van der Waals surface area contributed by atoms with E-state index in [2.05, 4.69) is 14.7 Å². The first-order chi connectivity index (χ1) is 14.2. The van der Waals surface area contributed by atoms with Crippen LogP contribution >= 0.6 is 11.8 Å². The first-order valence-electron chi connectivity index (χ1n) is 9.29. The van der Waals surface area contributed by atoms with E-state index in [4.69, 9.17) is 0 Å². The molecule has 3 aromatic carbocycles. The second kappa shape index (κ2) is 7.70. The van der Waals surface area contributed by atoms with Crippen molar-refractivity contribution in [3.63, 3.8) is 0 Å². The third kappa shape index (κ3) is 4.01. The van der Waals surface area contributed by atoms with Gasteiger partial charge in [-0.2, -0.15) is 0 Å². The number of benzene rings is 3. The van der Waals surface area contributed by atoms with Crippen molar-refractivity contribution in [1.82, 2.24) is 9.97 Å². The summed E-state index contributed by atoms with van der Waals surface area (Å²) in [6, 6.07) is 15.9. The highest BCUT2D eigenvalue weighted by Gasteiger charge is 2.21. The molecule has 0 amide bonds. The minimum absolute atomic E-state index is 0.0473. The predicted molar refractivity (Wildman–Crippen MR) is 120 cm³/mol. The number of nitrogens with one attached hydrogen (secondary N) is 2. The topological polar surface area (TPSA) is 95.1 Å². The molecule has 0 aliphatic carbocycles. The van der Waals surface area contributed by atoms with Crippen molar-refractivity contribution in [3.05, 3.63) is 71.3 Å². The molecule has 0 saturated carbocycles. The lowest BCUT2D eigenvalue weighted by atomic mass is 10.1. The molecule has 0 spiro atoms. The Labute approximate surface area is 179 Å². The van der Waals surface area contributed by atoms with E-state index >= 15 is 0 Å². The minimum Gasteiger partial charge on any atom is -0.507 e. The molecule has 0 atom stereocenters. The normalized spacial score (nSPS) is 11.7. The fourth-order valence-electron chi connectivity index (χ4n) is 3.54. The second-order valence-electron chi connectivity index (χ2n) is 7.18. The lowest BCUT2D eigenvalue weighted by Crippen LogP contribution is -2.16. The first-order valence-corrected chi connectivity index (χ1v) is 11.6. The molecule has 8 heteroatoms. The quantitative estimate of drug-likeness (QED) is 0.374. The summed E-state index contributed by atoms with van der Waals surface area (Å²) in [5, 5.41) is 10.9. The molecule has 4 aromatic rings. The zero-order chi connectivity index (χ0) is 21.5. The van der Waals surface area contributed by atoms with Gasteiger partial charge in [0.15, 0.2) is 5.16 Å². The molecule has 0 saturated heterocycles. The van der Waals surface area contributed by atoms with Crippen LogP contribution in [0, 0.1) is 20.8 Å². The molecule has 0 aliphatic heterocycles. The number of aromatic nitrogens is 2. The molecule has 0 fully saturated rings. The number of anilines is 1. The van der Waals surface area contributed by atoms with Gasteiger partial charge in [0.1, 0.15) is 5.75 Å². The highest BCUT2D eigenvalue weighted by molar-refractivity contribution is 7.99. The Hall–Kier alpha value is -2.97. The predicted octanol–water partition coefficient (Wildman–Crippen LogP) is 5.15. The summed E-state index contributed by atoms with van der Waals surface area (Å²) >= 11 is 1.23. The molecule has 0 aliphatic rings. The number of phenolic OH excluding ortho intramolecular Hbond substituents is 1. The molecule has 1 heterocycles. The number of H-pyrrole nitrogens is 1. The molecular weight excluding hydrogens is 418 g/mol. The first kappa shape index (κ1) is 20.3. The van der Waals surface area contributed by atoms with Gasteiger partial charge in [-0.3, -0.25) is 4.72 Å². The highest BCUT2D eigenvalue weighted by Crippen LogP contribution is 2.36. The molecule has 6 nitrogen and oxygen atoms in total. The van der Waals surface area contributed by atoms with Crippen molar-refractivity contribution in [1.29, 1.82) is 0 Å². The number of sulfonamides is 1. The van der Waals surface area contributed by atoms with Gasteiger partial charge in [0, 0.05) is 0 Å². The van der Waals surface area contributed by atoms with Gasteiger partial charge < -0.3 is 10.1 Å². The number of aromatic amines is 1. The van der Waals surface area contributed by atoms with Crippen LogP contribution < -0.4 is 4.72 Å². The van der Waals surface area contributed by atoms with Gasteiger partial charge in [0.25, 0.3) is 10.0 Å². The van der Waals surface area contributed by atoms with Crippen molar-refractivity contribution in [2.24, 2.45) is 0 Å². The molecule has 3 N–H and O–H groups in total. The summed E-state index contributed by atoms with van der Waals surface area (Å²) in [6.45, 7) is 5.51. The van der Waals surface area contributed by atoms with Crippen LogP contribution in [-0.2, 0) is 10.0 Å². The lowest BCUT2D eigenvalue weighted by molar-refractivity contribution is 0.462. The Morgan fingerprint density at radius 3 is 2.40 bits per heavy atom. The average Bonchev–Trinajstić information content (AvgIpc) is 3.05. The van der Waals surface area contributed by atoms with Crippen molar-refractivity contribution in [2.75, 3.05) is 4.72 Å². The Morgan fingerprint density at radius 2 is 1.70 bits per heavy atom. The maximum Gasteiger partial charge on any atom is 0.262 e. The number of nitrogens with zero attached hydrogens (tertiary/aromatic N) is 1. The summed E-state index contributed by atoms with van der Waals surface area (Å²) in [7, 11) is -3.78. The van der Waals surface area contributed by atoms with Gasteiger partial charge in [0.05, 0.1) is 26.5 Å². The van der Waals surface area contributed by atoms with Gasteiger partial charge in [-0.05, 0) is 74.0 Å². The molecule has 0 unspecified atom stereocenters. The number of hydrogen-bond donors (Lipinski definition) is 3. The summed E-state index contributed by atoms with van der Waals surface area (Å²) in [6.07, 6.45) is 0. The number of aromatic hydroxyl groups is 1. The Morgan fingerprint density at radius 1 is 1.00 bits per heavy atom. The van der Waals surface area contributed by atoms with Crippen LogP contribution in [0.4, 0.5) is 5.69 Å². The monoisotopic (exact) mass is 439 g/mol. The molecule has 0 bridgehead atoms. The minimum atomic E-state index is -3.78. The Kier molecular flexibility index (Phi) is 5.21. The lowest BCUT2D eigenvalue weighted by Gasteiger charge is -2.14. The fourth-order valence-corrected chi connectivity index (χ4v) is 5.91. The summed E-state index contributed by atoms with van der Waals surface area (Å²) in [5.74, 6) is 0.0473. The second-order valence-corrected chi connectivity index (χ2v) is 9.83. The average molecular weight is 440 g/mol. The standard InChI is InChI=1S/C22H21N3O3S2/c1-13-10-14(2)21(15(3)11-13)30(27,28)25-16-8-9-19(26)20(12-16)29-22-23-17-6-4-5-7-18(17)24-22/h4-12,25-26H,1-3H3,(H,23,24). The van der Waals surface area contributed by atoms with E-state index in [0.29, 0.717) is 26.9 Å².